The minimum Gasteiger partial charge on any atom is -0.493 e. The third kappa shape index (κ3) is 7.73. The molecular weight excluding hydrogens is 505 g/mol. The predicted octanol–water partition coefficient (Wildman–Crippen LogP) is 2.63. The fourth-order valence-electron chi connectivity index (χ4n) is 2.62. The molecule has 0 unspecified atom stereocenters. The van der Waals surface area contributed by atoms with Crippen molar-refractivity contribution in [3.05, 3.63) is 53.6 Å². The van der Waals surface area contributed by atoms with E-state index < -0.39 is 9.84 Å². The molecule has 0 aliphatic heterocycles. The highest BCUT2D eigenvalue weighted by Gasteiger charge is 2.07. The molecule has 0 fully saturated rings. The van der Waals surface area contributed by atoms with Crippen LogP contribution < -0.4 is 20.1 Å². The number of rotatable bonds is 8. The van der Waals surface area contributed by atoms with Crippen LogP contribution in [0.2, 0.25) is 0 Å². The van der Waals surface area contributed by atoms with Gasteiger partial charge in [-0.25, -0.2) is 8.42 Å². The lowest BCUT2D eigenvalue weighted by Gasteiger charge is -2.13. The molecule has 0 aliphatic rings. The van der Waals surface area contributed by atoms with Crippen molar-refractivity contribution in [1.29, 1.82) is 0 Å². The number of nitrogens with zero attached hydrogens (tertiary/aromatic N) is 1. The summed E-state index contributed by atoms with van der Waals surface area (Å²) in [6.07, 6.45) is 1.99. The first-order valence-electron chi connectivity index (χ1n) is 8.81. The summed E-state index contributed by atoms with van der Waals surface area (Å²) in [6.45, 7) is 1.24. The quantitative estimate of drug-likeness (QED) is 0.308. The van der Waals surface area contributed by atoms with Crippen molar-refractivity contribution in [2.45, 2.75) is 17.9 Å². The summed E-state index contributed by atoms with van der Waals surface area (Å²) in [5.74, 6) is 2.09. The number of ether oxygens (including phenoxy) is 2. The Kier molecular flexibility index (Phi) is 10.2. The van der Waals surface area contributed by atoms with Crippen LogP contribution in [-0.4, -0.2) is 48.4 Å². The zero-order valence-corrected chi connectivity index (χ0v) is 20.2. The molecule has 0 aliphatic carbocycles. The molecule has 0 aromatic heterocycles. The Morgan fingerprint density at radius 1 is 0.966 bits per heavy atom. The van der Waals surface area contributed by atoms with Gasteiger partial charge in [0.05, 0.1) is 19.1 Å². The monoisotopic (exact) mass is 533 g/mol. The van der Waals surface area contributed by atoms with Crippen molar-refractivity contribution in [1.82, 2.24) is 10.6 Å². The average Bonchev–Trinajstić information content (AvgIpc) is 2.70. The number of halogens is 1. The maximum absolute atomic E-state index is 11.5. The van der Waals surface area contributed by atoms with E-state index in [4.69, 9.17) is 9.47 Å². The van der Waals surface area contributed by atoms with Gasteiger partial charge in [-0.05, 0) is 41.8 Å². The Hall–Kier alpha value is -2.01. The molecule has 2 rings (SSSR count). The second kappa shape index (κ2) is 11.9. The van der Waals surface area contributed by atoms with E-state index in [1.54, 1.807) is 45.5 Å². The summed E-state index contributed by atoms with van der Waals surface area (Å²) in [6, 6.07) is 12.7. The standard InChI is InChI=1S/C20H27N3O4S.HI/c1-21-20(23-14-16-5-8-17(9-6-16)28(4,24)25)22-12-11-15-7-10-18(26-2)19(13-15)27-3;/h5-10,13H,11-12,14H2,1-4H3,(H2,21,22,23);1H. The topological polar surface area (TPSA) is 89.0 Å². The maximum atomic E-state index is 11.5. The molecule has 2 aromatic rings. The summed E-state index contributed by atoms with van der Waals surface area (Å²) >= 11 is 0. The zero-order chi connectivity index (χ0) is 20.6. The van der Waals surface area contributed by atoms with E-state index in [9.17, 15) is 8.42 Å². The van der Waals surface area contributed by atoms with E-state index in [0.717, 1.165) is 17.5 Å². The van der Waals surface area contributed by atoms with Crippen molar-refractivity contribution < 1.29 is 17.9 Å². The highest BCUT2D eigenvalue weighted by molar-refractivity contribution is 14.0. The van der Waals surface area contributed by atoms with Crippen LogP contribution in [0.15, 0.2) is 52.4 Å². The third-order valence-corrected chi connectivity index (χ3v) is 5.32. The Morgan fingerprint density at radius 2 is 1.59 bits per heavy atom. The van der Waals surface area contributed by atoms with Crippen molar-refractivity contribution in [3.8, 4) is 11.5 Å². The van der Waals surface area contributed by atoms with Crippen LogP contribution in [0.5, 0.6) is 11.5 Å². The van der Waals surface area contributed by atoms with E-state index >= 15 is 0 Å². The van der Waals surface area contributed by atoms with Gasteiger partial charge in [0.25, 0.3) is 0 Å². The van der Waals surface area contributed by atoms with Gasteiger partial charge in [-0.1, -0.05) is 18.2 Å². The Labute approximate surface area is 189 Å². The molecule has 0 spiro atoms. The molecule has 7 nitrogen and oxygen atoms in total. The Bertz CT molecular complexity index is 916. The second-order valence-electron chi connectivity index (χ2n) is 6.21. The summed E-state index contributed by atoms with van der Waals surface area (Å²) in [4.78, 5) is 4.52. The second-order valence-corrected chi connectivity index (χ2v) is 8.22. The van der Waals surface area contributed by atoms with Crippen LogP contribution >= 0.6 is 24.0 Å². The molecular formula is C20H28IN3O4S. The number of nitrogens with one attached hydrogen (secondary N) is 2. The van der Waals surface area contributed by atoms with Gasteiger partial charge in [-0.2, -0.15) is 0 Å². The van der Waals surface area contributed by atoms with Gasteiger partial charge >= 0.3 is 0 Å². The molecule has 0 saturated heterocycles. The van der Waals surface area contributed by atoms with Crippen LogP contribution in [0.1, 0.15) is 11.1 Å². The van der Waals surface area contributed by atoms with Crippen molar-refractivity contribution in [3.63, 3.8) is 0 Å². The fourth-order valence-corrected chi connectivity index (χ4v) is 3.25. The molecule has 0 saturated carbocycles. The molecule has 0 atom stereocenters. The average molecular weight is 533 g/mol. The van der Waals surface area contributed by atoms with Gasteiger partial charge in [0.1, 0.15) is 0 Å². The van der Waals surface area contributed by atoms with Gasteiger partial charge < -0.3 is 20.1 Å². The lowest BCUT2D eigenvalue weighted by Crippen LogP contribution is -2.37. The van der Waals surface area contributed by atoms with Crippen LogP contribution in [0, 0.1) is 0 Å². The molecule has 0 radical (unpaired) electrons. The summed E-state index contributed by atoms with van der Waals surface area (Å²) in [7, 11) is 1.76. The summed E-state index contributed by atoms with van der Waals surface area (Å²) in [5.41, 5.74) is 2.09. The zero-order valence-electron chi connectivity index (χ0n) is 17.1. The van der Waals surface area contributed by atoms with E-state index in [0.29, 0.717) is 35.4 Å². The summed E-state index contributed by atoms with van der Waals surface area (Å²) in [5, 5.41) is 6.48. The van der Waals surface area contributed by atoms with Gasteiger partial charge in [0.15, 0.2) is 27.3 Å². The molecule has 2 aromatic carbocycles. The molecule has 0 amide bonds. The van der Waals surface area contributed by atoms with E-state index in [-0.39, 0.29) is 24.0 Å². The fraction of sp³-hybridized carbons (Fsp3) is 0.350. The number of benzene rings is 2. The lowest BCUT2D eigenvalue weighted by molar-refractivity contribution is 0.354. The highest BCUT2D eigenvalue weighted by Crippen LogP contribution is 2.27. The number of hydrogen-bond donors (Lipinski definition) is 2. The molecule has 0 bridgehead atoms. The van der Waals surface area contributed by atoms with Crippen molar-refractivity contribution in [2.75, 3.05) is 34.1 Å². The first-order chi connectivity index (χ1) is 13.4. The predicted molar refractivity (Wildman–Crippen MR) is 126 cm³/mol. The number of hydrogen-bond acceptors (Lipinski definition) is 5. The number of sulfone groups is 1. The molecule has 2 N–H and O–H groups in total. The minimum atomic E-state index is -3.18. The van der Waals surface area contributed by atoms with E-state index in [2.05, 4.69) is 15.6 Å². The largest absolute Gasteiger partial charge is 0.493 e. The van der Waals surface area contributed by atoms with E-state index in [1.165, 1.54) is 6.26 Å². The Balaban J connectivity index is 0.00000420. The van der Waals surface area contributed by atoms with Crippen LogP contribution in [0.4, 0.5) is 0 Å². The molecule has 160 valence electrons. The molecule has 9 heteroatoms. The number of guanidine groups is 1. The number of aliphatic imine (C=N–C) groups is 1. The van der Waals surface area contributed by atoms with Gasteiger partial charge in [0.2, 0.25) is 0 Å². The smallest absolute Gasteiger partial charge is 0.191 e. The molecule has 29 heavy (non-hydrogen) atoms. The SMILES string of the molecule is CN=C(NCCc1ccc(OC)c(OC)c1)NCc1ccc(S(C)(=O)=O)cc1.I. The summed E-state index contributed by atoms with van der Waals surface area (Å²) < 4.78 is 33.6. The molecule has 0 heterocycles. The van der Waals surface area contributed by atoms with Crippen LogP contribution in [0.25, 0.3) is 0 Å². The Morgan fingerprint density at radius 3 is 2.14 bits per heavy atom. The minimum absolute atomic E-state index is 0. The van der Waals surface area contributed by atoms with Crippen LogP contribution in [-0.2, 0) is 22.8 Å². The normalized spacial score (nSPS) is 11.4. The van der Waals surface area contributed by atoms with Gasteiger partial charge in [-0.3, -0.25) is 4.99 Å². The van der Waals surface area contributed by atoms with Crippen molar-refractivity contribution in [2.24, 2.45) is 4.99 Å². The van der Waals surface area contributed by atoms with Gasteiger partial charge in [-0.15, -0.1) is 24.0 Å². The highest BCUT2D eigenvalue weighted by atomic mass is 127. The number of methoxy groups -OCH3 is 2. The lowest BCUT2D eigenvalue weighted by atomic mass is 10.1. The van der Waals surface area contributed by atoms with E-state index in [1.807, 2.05) is 18.2 Å². The first kappa shape index (κ1) is 25.0. The maximum Gasteiger partial charge on any atom is 0.191 e. The van der Waals surface area contributed by atoms with Crippen molar-refractivity contribution >= 4 is 39.8 Å². The third-order valence-electron chi connectivity index (χ3n) is 4.19. The van der Waals surface area contributed by atoms with Crippen LogP contribution in [0.3, 0.4) is 0 Å². The first-order valence-corrected chi connectivity index (χ1v) is 10.7. The van der Waals surface area contributed by atoms with Gasteiger partial charge in [0, 0.05) is 26.4 Å².